The van der Waals surface area contributed by atoms with Crippen LogP contribution < -0.4 is 5.73 Å². The Labute approximate surface area is 108 Å². The average molecular weight is 250 g/mol. The SMILES string of the molecule is CCCn1cc(C(=O)N2CCCC(C)C2)c(N)n1. The molecule has 1 aromatic heterocycles. The number of nitrogens with zero attached hydrogens (tertiary/aromatic N) is 3. The molecule has 2 rings (SSSR count). The number of nitrogen functional groups attached to an aromatic ring is 1. The molecule has 18 heavy (non-hydrogen) atoms. The summed E-state index contributed by atoms with van der Waals surface area (Å²) >= 11 is 0. The van der Waals surface area contributed by atoms with Crippen LogP contribution in [-0.4, -0.2) is 33.7 Å². The predicted molar refractivity (Wildman–Crippen MR) is 71.2 cm³/mol. The summed E-state index contributed by atoms with van der Waals surface area (Å²) in [7, 11) is 0. The molecule has 1 saturated heterocycles. The standard InChI is InChI=1S/C13H22N4O/c1-3-6-17-9-11(12(14)15-17)13(18)16-7-4-5-10(2)8-16/h9-10H,3-8H2,1-2H3,(H2,14,15). The summed E-state index contributed by atoms with van der Waals surface area (Å²) < 4.78 is 1.76. The molecule has 0 aromatic carbocycles. The maximum absolute atomic E-state index is 12.4. The zero-order valence-corrected chi connectivity index (χ0v) is 11.2. The monoisotopic (exact) mass is 250 g/mol. The lowest BCUT2D eigenvalue weighted by molar-refractivity contribution is 0.0684. The van der Waals surface area contributed by atoms with Crippen molar-refractivity contribution in [3.05, 3.63) is 11.8 Å². The van der Waals surface area contributed by atoms with E-state index in [1.165, 1.54) is 6.42 Å². The van der Waals surface area contributed by atoms with Crippen LogP contribution in [0, 0.1) is 5.92 Å². The zero-order valence-electron chi connectivity index (χ0n) is 11.2. The van der Waals surface area contributed by atoms with Crippen molar-refractivity contribution in [1.82, 2.24) is 14.7 Å². The molecule has 0 saturated carbocycles. The van der Waals surface area contributed by atoms with E-state index in [2.05, 4.69) is 18.9 Å². The van der Waals surface area contributed by atoms with Crippen LogP contribution in [-0.2, 0) is 6.54 Å². The third-order valence-corrected chi connectivity index (χ3v) is 3.42. The van der Waals surface area contributed by atoms with Gasteiger partial charge in [-0.2, -0.15) is 5.10 Å². The number of likely N-dealkylation sites (tertiary alicyclic amines) is 1. The minimum atomic E-state index is 0.0291. The molecule has 1 amide bonds. The van der Waals surface area contributed by atoms with Gasteiger partial charge in [-0.25, -0.2) is 0 Å². The van der Waals surface area contributed by atoms with Crippen molar-refractivity contribution >= 4 is 11.7 Å². The Hall–Kier alpha value is -1.52. The fraction of sp³-hybridized carbons (Fsp3) is 0.692. The minimum Gasteiger partial charge on any atom is -0.382 e. The Morgan fingerprint density at radius 2 is 2.39 bits per heavy atom. The molecule has 1 unspecified atom stereocenters. The van der Waals surface area contributed by atoms with E-state index >= 15 is 0 Å². The first-order chi connectivity index (χ1) is 8.61. The van der Waals surface area contributed by atoms with Gasteiger partial charge >= 0.3 is 0 Å². The first kappa shape index (κ1) is 12.9. The molecule has 100 valence electrons. The minimum absolute atomic E-state index is 0.0291. The van der Waals surface area contributed by atoms with Crippen molar-refractivity contribution in [2.45, 2.75) is 39.7 Å². The number of carbonyl (C=O) groups excluding carboxylic acids is 1. The summed E-state index contributed by atoms with van der Waals surface area (Å²) in [5, 5.41) is 4.18. The van der Waals surface area contributed by atoms with Crippen molar-refractivity contribution in [3.63, 3.8) is 0 Å². The van der Waals surface area contributed by atoms with Gasteiger partial charge < -0.3 is 10.6 Å². The number of piperidine rings is 1. The van der Waals surface area contributed by atoms with E-state index in [-0.39, 0.29) is 5.91 Å². The van der Waals surface area contributed by atoms with Gasteiger partial charge in [0.2, 0.25) is 0 Å². The highest BCUT2D eigenvalue weighted by Gasteiger charge is 2.24. The summed E-state index contributed by atoms with van der Waals surface area (Å²) in [5.74, 6) is 0.961. The summed E-state index contributed by atoms with van der Waals surface area (Å²) in [4.78, 5) is 14.3. The molecule has 0 bridgehead atoms. The Morgan fingerprint density at radius 3 is 3.06 bits per heavy atom. The molecule has 1 aromatic rings. The number of hydrogen-bond donors (Lipinski definition) is 1. The normalized spacial score (nSPS) is 20.1. The quantitative estimate of drug-likeness (QED) is 0.888. The zero-order chi connectivity index (χ0) is 13.1. The number of amides is 1. The number of nitrogens with two attached hydrogens (primary N) is 1. The lowest BCUT2D eigenvalue weighted by Crippen LogP contribution is -2.39. The van der Waals surface area contributed by atoms with Gasteiger partial charge in [0, 0.05) is 25.8 Å². The second-order valence-electron chi connectivity index (χ2n) is 5.19. The molecule has 2 heterocycles. The van der Waals surface area contributed by atoms with E-state index in [1.54, 1.807) is 10.9 Å². The lowest BCUT2D eigenvalue weighted by Gasteiger charge is -2.30. The van der Waals surface area contributed by atoms with Crippen LogP contribution in [0.1, 0.15) is 43.5 Å². The highest BCUT2D eigenvalue weighted by Crippen LogP contribution is 2.20. The predicted octanol–water partition coefficient (Wildman–Crippen LogP) is 1.75. The number of anilines is 1. The molecule has 0 aliphatic carbocycles. The van der Waals surface area contributed by atoms with Crippen molar-refractivity contribution in [2.75, 3.05) is 18.8 Å². The van der Waals surface area contributed by atoms with Gasteiger partial charge in [0.1, 0.15) is 5.56 Å². The Bertz CT molecular complexity index is 427. The molecule has 0 radical (unpaired) electrons. The van der Waals surface area contributed by atoms with E-state index in [1.807, 2.05) is 4.90 Å². The molecule has 1 fully saturated rings. The van der Waals surface area contributed by atoms with Crippen molar-refractivity contribution in [1.29, 1.82) is 0 Å². The van der Waals surface area contributed by atoms with E-state index < -0.39 is 0 Å². The number of carbonyl (C=O) groups is 1. The fourth-order valence-electron chi connectivity index (χ4n) is 2.49. The summed E-state index contributed by atoms with van der Waals surface area (Å²) in [6.07, 6.45) is 5.04. The third-order valence-electron chi connectivity index (χ3n) is 3.42. The molecule has 2 N–H and O–H groups in total. The van der Waals surface area contributed by atoms with E-state index in [9.17, 15) is 4.79 Å². The van der Waals surface area contributed by atoms with Crippen LogP contribution in [0.25, 0.3) is 0 Å². The molecule has 0 spiro atoms. The highest BCUT2D eigenvalue weighted by molar-refractivity contribution is 5.98. The second-order valence-corrected chi connectivity index (χ2v) is 5.19. The fourth-order valence-corrected chi connectivity index (χ4v) is 2.49. The second kappa shape index (κ2) is 5.42. The molecule has 5 heteroatoms. The Kier molecular flexibility index (Phi) is 3.89. The summed E-state index contributed by atoms with van der Waals surface area (Å²) in [6.45, 7) is 6.72. The largest absolute Gasteiger partial charge is 0.382 e. The van der Waals surface area contributed by atoms with Crippen molar-refractivity contribution in [3.8, 4) is 0 Å². The third kappa shape index (κ3) is 2.66. The topological polar surface area (TPSA) is 64.2 Å². The van der Waals surface area contributed by atoms with E-state index in [0.29, 0.717) is 17.3 Å². The van der Waals surface area contributed by atoms with Crippen LogP contribution in [0.4, 0.5) is 5.82 Å². The summed E-state index contributed by atoms with van der Waals surface area (Å²) in [6, 6.07) is 0. The van der Waals surface area contributed by atoms with Crippen molar-refractivity contribution in [2.24, 2.45) is 5.92 Å². The lowest BCUT2D eigenvalue weighted by atomic mass is 10.00. The molecule has 1 aliphatic heterocycles. The van der Waals surface area contributed by atoms with Gasteiger partial charge in [-0.3, -0.25) is 9.48 Å². The first-order valence-electron chi connectivity index (χ1n) is 6.74. The number of hydrogen-bond acceptors (Lipinski definition) is 3. The van der Waals surface area contributed by atoms with Crippen LogP contribution in [0.5, 0.6) is 0 Å². The first-order valence-corrected chi connectivity index (χ1v) is 6.74. The van der Waals surface area contributed by atoms with Crippen LogP contribution >= 0.6 is 0 Å². The van der Waals surface area contributed by atoms with Gasteiger partial charge in [0.25, 0.3) is 5.91 Å². The molecule has 1 atom stereocenters. The van der Waals surface area contributed by atoms with Gasteiger partial charge in [-0.05, 0) is 25.2 Å². The van der Waals surface area contributed by atoms with Crippen LogP contribution in [0.15, 0.2) is 6.20 Å². The Balaban J connectivity index is 2.12. The molecule has 5 nitrogen and oxygen atoms in total. The van der Waals surface area contributed by atoms with Gasteiger partial charge in [0.15, 0.2) is 5.82 Å². The molecular formula is C13H22N4O. The Morgan fingerprint density at radius 1 is 1.61 bits per heavy atom. The van der Waals surface area contributed by atoms with Crippen molar-refractivity contribution < 1.29 is 4.79 Å². The van der Waals surface area contributed by atoms with Gasteiger partial charge in [-0.1, -0.05) is 13.8 Å². The van der Waals surface area contributed by atoms with E-state index in [0.717, 1.165) is 32.5 Å². The number of aryl methyl sites for hydroxylation is 1. The summed E-state index contributed by atoms with van der Waals surface area (Å²) in [5.41, 5.74) is 6.39. The van der Waals surface area contributed by atoms with Crippen LogP contribution in [0.2, 0.25) is 0 Å². The number of aromatic nitrogens is 2. The number of rotatable bonds is 3. The maximum atomic E-state index is 12.4. The highest BCUT2D eigenvalue weighted by atomic mass is 16.2. The van der Waals surface area contributed by atoms with Gasteiger partial charge in [0.05, 0.1) is 0 Å². The van der Waals surface area contributed by atoms with E-state index in [4.69, 9.17) is 5.73 Å². The maximum Gasteiger partial charge on any atom is 0.259 e. The average Bonchev–Trinajstić information content (AvgIpc) is 2.70. The molecule has 1 aliphatic rings. The van der Waals surface area contributed by atoms with Gasteiger partial charge in [-0.15, -0.1) is 0 Å². The van der Waals surface area contributed by atoms with Crippen LogP contribution in [0.3, 0.4) is 0 Å². The smallest absolute Gasteiger partial charge is 0.259 e. The molecular weight excluding hydrogens is 228 g/mol.